The number of amides is 2. The monoisotopic (exact) mass is 420 g/mol. The van der Waals surface area contributed by atoms with Gasteiger partial charge in [-0.15, -0.1) is 0 Å². The number of piperidine rings is 1. The van der Waals surface area contributed by atoms with Crippen molar-refractivity contribution >= 4 is 23.4 Å². The molecule has 0 saturated carbocycles. The third-order valence-corrected chi connectivity index (χ3v) is 6.07. The first kappa shape index (κ1) is 22.1. The molecule has 2 atom stereocenters. The molecule has 7 heteroatoms. The van der Waals surface area contributed by atoms with Crippen LogP contribution in [0.1, 0.15) is 25.8 Å². The molecule has 2 heterocycles. The molecule has 1 aromatic carbocycles. The van der Waals surface area contributed by atoms with E-state index in [-0.39, 0.29) is 11.8 Å². The molecular weight excluding hydrogens is 388 g/mol. The van der Waals surface area contributed by atoms with Gasteiger partial charge >= 0.3 is 0 Å². The number of hydrogen-bond acceptors (Lipinski definition) is 4. The third-order valence-electron chi connectivity index (χ3n) is 5.82. The second-order valence-electron chi connectivity index (χ2n) is 8.70. The minimum absolute atomic E-state index is 0.0285. The lowest BCUT2D eigenvalue weighted by atomic mass is 9.92. The van der Waals surface area contributed by atoms with E-state index in [0.29, 0.717) is 36.5 Å². The number of carbonyl (C=O) groups is 2. The molecule has 2 saturated heterocycles. The Morgan fingerprint density at radius 3 is 2.10 bits per heavy atom. The Labute approximate surface area is 179 Å². The average Bonchev–Trinajstić information content (AvgIpc) is 2.68. The van der Waals surface area contributed by atoms with E-state index in [2.05, 4.69) is 29.0 Å². The van der Waals surface area contributed by atoms with Gasteiger partial charge in [-0.2, -0.15) is 0 Å². The van der Waals surface area contributed by atoms with Gasteiger partial charge in [-0.05, 0) is 36.0 Å². The van der Waals surface area contributed by atoms with Crippen molar-refractivity contribution in [1.82, 2.24) is 20.0 Å². The molecule has 0 unspecified atom stereocenters. The molecule has 0 radical (unpaired) electrons. The SMILES string of the molecule is C[C@@H]1C[C@@H](C)CN(C(=O)CN2CCN(CC(=O)NCc3ccc(Cl)cc3)CC2)C1. The smallest absolute Gasteiger partial charge is 0.236 e. The predicted octanol–water partition coefficient (Wildman–Crippen LogP) is 2.08. The number of rotatable bonds is 6. The molecule has 3 rings (SSSR count). The summed E-state index contributed by atoms with van der Waals surface area (Å²) in [6, 6.07) is 7.49. The predicted molar refractivity (Wildman–Crippen MR) is 116 cm³/mol. The van der Waals surface area contributed by atoms with Gasteiger partial charge in [0.15, 0.2) is 0 Å². The van der Waals surface area contributed by atoms with Gasteiger partial charge < -0.3 is 10.2 Å². The molecule has 29 heavy (non-hydrogen) atoms. The summed E-state index contributed by atoms with van der Waals surface area (Å²) in [5.41, 5.74) is 1.03. The summed E-state index contributed by atoms with van der Waals surface area (Å²) in [5, 5.41) is 3.66. The second-order valence-corrected chi connectivity index (χ2v) is 9.14. The molecule has 0 spiro atoms. The topological polar surface area (TPSA) is 55.9 Å². The van der Waals surface area contributed by atoms with E-state index in [1.54, 1.807) is 0 Å². The number of piperazine rings is 1. The fraction of sp³-hybridized carbons (Fsp3) is 0.636. The zero-order valence-electron chi connectivity index (χ0n) is 17.6. The summed E-state index contributed by atoms with van der Waals surface area (Å²) in [4.78, 5) is 31.3. The second kappa shape index (κ2) is 10.4. The van der Waals surface area contributed by atoms with Crippen LogP contribution in [0.15, 0.2) is 24.3 Å². The lowest BCUT2D eigenvalue weighted by molar-refractivity contribution is -0.135. The fourth-order valence-electron chi connectivity index (χ4n) is 4.33. The highest BCUT2D eigenvalue weighted by Crippen LogP contribution is 2.21. The van der Waals surface area contributed by atoms with Crippen LogP contribution in [0.2, 0.25) is 5.02 Å². The first-order chi connectivity index (χ1) is 13.9. The van der Waals surface area contributed by atoms with Gasteiger partial charge in [0.25, 0.3) is 0 Å². The van der Waals surface area contributed by atoms with Crippen molar-refractivity contribution in [2.75, 3.05) is 52.4 Å². The Bertz CT molecular complexity index is 679. The van der Waals surface area contributed by atoms with Crippen LogP contribution in [-0.2, 0) is 16.1 Å². The number of likely N-dealkylation sites (tertiary alicyclic amines) is 1. The van der Waals surface area contributed by atoms with E-state index < -0.39 is 0 Å². The van der Waals surface area contributed by atoms with Gasteiger partial charge in [0, 0.05) is 50.8 Å². The summed E-state index contributed by atoms with van der Waals surface area (Å²) >= 11 is 5.88. The van der Waals surface area contributed by atoms with Crippen LogP contribution in [0.5, 0.6) is 0 Å². The maximum absolute atomic E-state index is 12.7. The highest BCUT2D eigenvalue weighted by Gasteiger charge is 2.27. The summed E-state index contributed by atoms with van der Waals surface area (Å²) in [5.74, 6) is 1.45. The molecule has 2 aliphatic heterocycles. The molecule has 1 N–H and O–H groups in total. The zero-order valence-corrected chi connectivity index (χ0v) is 18.3. The molecule has 0 bridgehead atoms. The normalized spacial score (nSPS) is 23.8. The van der Waals surface area contributed by atoms with Crippen molar-refractivity contribution in [1.29, 1.82) is 0 Å². The highest BCUT2D eigenvalue weighted by molar-refractivity contribution is 6.30. The van der Waals surface area contributed by atoms with E-state index in [9.17, 15) is 9.59 Å². The van der Waals surface area contributed by atoms with Gasteiger partial charge in [0.1, 0.15) is 0 Å². The van der Waals surface area contributed by atoms with Crippen LogP contribution < -0.4 is 5.32 Å². The Morgan fingerprint density at radius 2 is 1.52 bits per heavy atom. The van der Waals surface area contributed by atoms with Gasteiger partial charge in [-0.3, -0.25) is 19.4 Å². The minimum atomic E-state index is 0.0285. The maximum atomic E-state index is 12.7. The van der Waals surface area contributed by atoms with E-state index in [1.165, 1.54) is 6.42 Å². The van der Waals surface area contributed by atoms with Crippen LogP contribution in [0.3, 0.4) is 0 Å². The molecular formula is C22H33ClN4O2. The van der Waals surface area contributed by atoms with E-state index in [0.717, 1.165) is 44.8 Å². The summed E-state index contributed by atoms with van der Waals surface area (Å²) in [6.07, 6.45) is 1.21. The van der Waals surface area contributed by atoms with Crippen molar-refractivity contribution in [2.45, 2.75) is 26.8 Å². The first-order valence-electron chi connectivity index (χ1n) is 10.6. The zero-order chi connectivity index (χ0) is 20.8. The quantitative estimate of drug-likeness (QED) is 0.765. The number of nitrogens with zero attached hydrogens (tertiary/aromatic N) is 3. The van der Waals surface area contributed by atoms with E-state index >= 15 is 0 Å². The molecule has 0 aromatic heterocycles. The molecule has 2 fully saturated rings. The maximum Gasteiger partial charge on any atom is 0.236 e. The lowest BCUT2D eigenvalue weighted by Crippen LogP contribution is -2.53. The Morgan fingerprint density at radius 1 is 0.966 bits per heavy atom. The number of halogens is 1. The summed E-state index contributed by atoms with van der Waals surface area (Å²) in [6.45, 7) is 10.9. The van der Waals surface area contributed by atoms with Crippen molar-refractivity contribution in [2.24, 2.45) is 11.8 Å². The molecule has 160 valence electrons. The molecule has 2 aliphatic rings. The lowest BCUT2D eigenvalue weighted by Gasteiger charge is -2.38. The molecule has 1 aromatic rings. The number of benzene rings is 1. The third kappa shape index (κ3) is 6.98. The van der Waals surface area contributed by atoms with Crippen LogP contribution in [-0.4, -0.2) is 78.9 Å². The number of nitrogens with one attached hydrogen (secondary N) is 1. The van der Waals surface area contributed by atoms with Gasteiger partial charge in [-0.25, -0.2) is 0 Å². The van der Waals surface area contributed by atoms with Crippen LogP contribution in [0.25, 0.3) is 0 Å². The van der Waals surface area contributed by atoms with Crippen molar-refractivity contribution in [3.8, 4) is 0 Å². The van der Waals surface area contributed by atoms with E-state index in [1.807, 2.05) is 29.2 Å². The largest absolute Gasteiger partial charge is 0.351 e. The molecule has 2 amide bonds. The fourth-order valence-corrected chi connectivity index (χ4v) is 4.45. The Hall–Kier alpha value is -1.63. The Kier molecular flexibility index (Phi) is 7.92. The number of carbonyl (C=O) groups excluding carboxylic acids is 2. The Balaban J connectivity index is 1.35. The van der Waals surface area contributed by atoms with Crippen LogP contribution >= 0.6 is 11.6 Å². The van der Waals surface area contributed by atoms with Gasteiger partial charge in [-0.1, -0.05) is 37.6 Å². The van der Waals surface area contributed by atoms with Crippen molar-refractivity contribution in [3.05, 3.63) is 34.9 Å². The summed E-state index contributed by atoms with van der Waals surface area (Å²) < 4.78 is 0. The van der Waals surface area contributed by atoms with Crippen LogP contribution in [0.4, 0.5) is 0 Å². The van der Waals surface area contributed by atoms with Crippen LogP contribution in [0, 0.1) is 11.8 Å². The van der Waals surface area contributed by atoms with Crippen molar-refractivity contribution in [3.63, 3.8) is 0 Å². The van der Waals surface area contributed by atoms with Gasteiger partial charge in [0.05, 0.1) is 13.1 Å². The molecule has 6 nitrogen and oxygen atoms in total. The molecule has 0 aliphatic carbocycles. The minimum Gasteiger partial charge on any atom is -0.351 e. The van der Waals surface area contributed by atoms with Crippen molar-refractivity contribution < 1.29 is 9.59 Å². The standard InChI is InChI=1S/C22H33ClN4O2/c1-17-11-18(2)14-27(13-17)22(29)16-26-9-7-25(8-10-26)15-21(28)24-12-19-3-5-20(23)6-4-19/h3-6,17-18H,7-16H2,1-2H3,(H,24,28)/t17-,18-/m1/s1. The average molecular weight is 421 g/mol. The highest BCUT2D eigenvalue weighted by atomic mass is 35.5. The first-order valence-corrected chi connectivity index (χ1v) is 11.0. The van der Waals surface area contributed by atoms with E-state index in [4.69, 9.17) is 11.6 Å². The number of hydrogen-bond donors (Lipinski definition) is 1. The van der Waals surface area contributed by atoms with Gasteiger partial charge in [0.2, 0.25) is 11.8 Å². The summed E-state index contributed by atoms with van der Waals surface area (Å²) in [7, 11) is 0.